The summed E-state index contributed by atoms with van der Waals surface area (Å²) in [7, 11) is 0. The number of amides is 2. The largest absolute Gasteiger partial charge is 0.484 e. The molecule has 0 saturated carbocycles. The van der Waals surface area contributed by atoms with E-state index in [9.17, 15) is 9.59 Å². The average molecular weight is 396 g/mol. The molecular weight excluding hydrogens is 368 g/mol. The van der Waals surface area contributed by atoms with E-state index in [1.807, 2.05) is 61.5 Å². The molecule has 1 heterocycles. The molecule has 0 aromatic heterocycles. The zero-order valence-corrected chi connectivity index (χ0v) is 17.3. The van der Waals surface area contributed by atoms with Gasteiger partial charge in [-0.1, -0.05) is 35.9 Å². The van der Waals surface area contributed by atoms with Crippen LogP contribution in [0.5, 0.6) is 11.5 Å². The van der Waals surface area contributed by atoms with E-state index < -0.39 is 5.60 Å². The summed E-state index contributed by atoms with van der Waals surface area (Å²) >= 11 is 0. The summed E-state index contributed by atoms with van der Waals surface area (Å²) in [5.74, 6) is 1.19. The highest BCUT2D eigenvalue weighted by Crippen LogP contribution is 2.21. The van der Waals surface area contributed by atoms with Crippen molar-refractivity contribution < 1.29 is 19.1 Å². The lowest BCUT2D eigenvalue weighted by Gasteiger charge is -2.38. The van der Waals surface area contributed by atoms with Gasteiger partial charge in [0.2, 0.25) is 0 Å². The standard InChI is InChI=1S/C23H28N2O4/c1-18-9-11-19(12-10-18)28-17-21(26)24-13-15-25(16-14-24)22(27)23(2,3)29-20-7-5-4-6-8-20/h4-12H,13-17H2,1-3H3. The Kier molecular flexibility index (Phi) is 6.42. The van der Waals surface area contributed by atoms with Crippen molar-refractivity contribution in [3.63, 3.8) is 0 Å². The lowest BCUT2D eigenvalue weighted by molar-refractivity contribution is -0.150. The maximum atomic E-state index is 12.9. The lowest BCUT2D eigenvalue weighted by atomic mass is 10.1. The number of benzene rings is 2. The number of ether oxygens (including phenoxy) is 2. The first-order chi connectivity index (χ1) is 13.8. The summed E-state index contributed by atoms with van der Waals surface area (Å²) in [6.07, 6.45) is 0. The van der Waals surface area contributed by atoms with E-state index in [1.54, 1.807) is 23.6 Å². The first-order valence-electron chi connectivity index (χ1n) is 9.86. The molecule has 29 heavy (non-hydrogen) atoms. The molecule has 154 valence electrons. The molecule has 1 aliphatic heterocycles. The predicted octanol–water partition coefficient (Wildman–Crippen LogP) is 2.90. The lowest BCUT2D eigenvalue weighted by Crippen LogP contribution is -2.57. The van der Waals surface area contributed by atoms with Gasteiger partial charge in [-0.15, -0.1) is 0 Å². The van der Waals surface area contributed by atoms with Crippen molar-refractivity contribution in [2.24, 2.45) is 0 Å². The topological polar surface area (TPSA) is 59.1 Å². The van der Waals surface area contributed by atoms with Crippen molar-refractivity contribution in [2.75, 3.05) is 32.8 Å². The molecule has 3 rings (SSSR count). The van der Waals surface area contributed by atoms with Crippen molar-refractivity contribution in [1.82, 2.24) is 9.80 Å². The molecule has 0 unspecified atom stereocenters. The monoisotopic (exact) mass is 396 g/mol. The molecule has 0 aliphatic carbocycles. The van der Waals surface area contributed by atoms with Crippen LogP contribution in [0.25, 0.3) is 0 Å². The first-order valence-corrected chi connectivity index (χ1v) is 9.86. The van der Waals surface area contributed by atoms with Gasteiger partial charge in [0.15, 0.2) is 12.2 Å². The highest BCUT2D eigenvalue weighted by Gasteiger charge is 2.36. The fraction of sp³-hybridized carbons (Fsp3) is 0.391. The summed E-state index contributed by atoms with van der Waals surface area (Å²) in [6, 6.07) is 16.9. The molecule has 0 atom stereocenters. The third kappa shape index (κ3) is 5.50. The van der Waals surface area contributed by atoms with Crippen LogP contribution in [0.2, 0.25) is 0 Å². The van der Waals surface area contributed by atoms with Crippen molar-refractivity contribution in [2.45, 2.75) is 26.4 Å². The van der Waals surface area contributed by atoms with E-state index >= 15 is 0 Å². The second kappa shape index (κ2) is 8.99. The quantitative estimate of drug-likeness (QED) is 0.753. The van der Waals surface area contributed by atoms with Crippen molar-refractivity contribution >= 4 is 11.8 Å². The third-order valence-electron chi connectivity index (χ3n) is 4.93. The highest BCUT2D eigenvalue weighted by atomic mass is 16.5. The van der Waals surface area contributed by atoms with Crippen LogP contribution in [-0.4, -0.2) is 60.0 Å². The van der Waals surface area contributed by atoms with Gasteiger partial charge < -0.3 is 19.3 Å². The van der Waals surface area contributed by atoms with Gasteiger partial charge in [0.05, 0.1) is 0 Å². The van der Waals surface area contributed by atoms with Crippen molar-refractivity contribution in [1.29, 1.82) is 0 Å². The zero-order chi connectivity index (χ0) is 20.9. The van der Waals surface area contributed by atoms with E-state index in [-0.39, 0.29) is 18.4 Å². The number of carbonyl (C=O) groups excluding carboxylic acids is 2. The van der Waals surface area contributed by atoms with Crippen LogP contribution < -0.4 is 9.47 Å². The molecule has 1 aliphatic rings. The molecule has 0 spiro atoms. The molecule has 0 bridgehead atoms. The summed E-state index contributed by atoms with van der Waals surface area (Å²) in [6.45, 7) is 7.49. The van der Waals surface area contributed by atoms with E-state index in [0.717, 1.165) is 5.56 Å². The molecule has 0 radical (unpaired) electrons. The highest BCUT2D eigenvalue weighted by molar-refractivity contribution is 5.85. The second-order valence-electron chi connectivity index (χ2n) is 7.70. The summed E-state index contributed by atoms with van der Waals surface area (Å²) in [5, 5.41) is 0. The Morgan fingerprint density at radius 1 is 0.862 bits per heavy atom. The van der Waals surface area contributed by atoms with E-state index in [0.29, 0.717) is 37.7 Å². The van der Waals surface area contributed by atoms with Gasteiger partial charge in [0.1, 0.15) is 11.5 Å². The van der Waals surface area contributed by atoms with E-state index in [2.05, 4.69) is 0 Å². The minimum atomic E-state index is -0.970. The maximum absolute atomic E-state index is 12.9. The van der Waals surface area contributed by atoms with Crippen molar-refractivity contribution in [3.8, 4) is 11.5 Å². The summed E-state index contributed by atoms with van der Waals surface area (Å²) in [4.78, 5) is 28.8. The fourth-order valence-electron chi connectivity index (χ4n) is 3.24. The molecule has 6 heteroatoms. The second-order valence-corrected chi connectivity index (χ2v) is 7.70. The van der Waals surface area contributed by atoms with Crippen LogP contribution in [0.4, 0.5) is 0 Å². The third-order valence-corrected chi connectivity index (χ3v) is 4.93. The number of nitrogens with zero attached hydrogens (tertiary/aromatic N) is 2. The summed E-state index contributed by atoms with van der Waals surface area (Å²) in [5.41, 5.74) is 0.172. The van der Waals surface area contributed by atoms with Gasteiger partial charge in [0.25, 0.3) is 11.8 Å². The summed E-state index contributed by atoms with van der Waals surface area (Å²) < 4.78 is 11.5. The van der Waals surface area contributed by atoms with E-state index in [1.165, 1.54) is 0 Å². The van der Waals surface area contributed by atoms with Gasteiger partial charge in [-0.2, -0.15) is 0 Å². The molecule has 0 N–H and O–H groups in total. The fourth-order valence-corrected chi connectivity index (χ4v) is 3.24. The Morgan fingerprint density at radius 3 is 2.07 bits per heavy atom. The molecule has 1 fully saturated rings. The molecule has 2 aromatic rings. The van der Waals surface area contributed by atoms with Gasteiger partial charge in [-0.3, -0.25) is 9.59 Å². The van der Waals surface area contributed by atoms with Crippen LogP contribution in [0.3, 0.4) is 0 Å². The number of aryl methyl sites for hydroxylation is 1. The normalized spacial score (nSPS) is 14.4. The molecule has 1 saturated heterocycles. The van der Waals surface area contributed by atoms with Gasteiger partial charge >= 0.3 is 0 Å². The molecule has 6 nitrogen and oxygen atoms in total. The number of hydrogen-bond donors (Lipinski definition) is 0. The average Bonchev–Trinajstić information content (AvgIpc) is 2.73. The van der Waals surface area contributed by atoms with Crippen LogP contribution in [0.15, 0.2) is 54.6 Å². The number of rotatable bonds is 6. The SMILES string of the molecule is Cc1ccc(OCC(=O)N2CCN(C(=O)C(C)(C)Oc3ccccc3)CC2)cc1. The first kappa shape index (κ1) is 20.7. The predicted molar refractivity (Wildman–Crippen MR) is 111 cm³/mol. The van der Waals surface area contributed by atoms with Crippen LogP contribution in [0.1, 0.15) is 19.4 Å². The number of piperazine rings is 1. The van der Waals surface area contributed by atoms with Crippen LogP contribution >= 0.6 is 0 Å². The minimum absolute atomic E-state index is 0.000378. The minimum Gasteiger partial charge on any atom is -0.484 e. The van der Waals surface area contributed by atoms with Crippen LogP contribution in [0, 0.1) is 6.92 Å². The Hall–Kier alpha value is -3.02. The maximum Gasteiger partial charge on any atom is 0.266 e. The van der Waals surface area contributed by atoms with Gasteiger partial charge in [-0.25, -0.2) is 0 Å². The molecular formula is C23H28N2O4. The number of hydrogen-bond acceptors (Lipinski definition) is 4. The van der Waals surface area contributed by atoms with Gasteiger partial charge in [-0.05, 0) is 45.0 Å². The Bertz CT molecular complexity index is 826. The Morgan fingerprint density at radius 2 is 1.45 bits per heavy atom. The molecule has 2 amide bonds. The van der Waals surface area contributed by atoms with Crippen LogP contribution in [-0.2, 0) is 9.59 Å². The molecule has 2 aromatic carbocycles. The Labute approximate surface area is 172 Å². The number of carbonyl (C=O) groups is 2. The van der Waals surface area contributed by atoms with Crippen molar-refractivity contribution in [3.05, 3.63) is 60.2 Å². The zero-order valence-electron chi connectivity index (χ0n) is 17.3. The number of para-hydroxylation sites is 1. The van der Waals surface area contributed by atoms with Gasteiger partial charge in [0, 0.05) is 26.2 Å². The smallest absolute Gasteiger partial charge is 0.266 e. The Balaban J connectivity index is 1.48. The van der Waals surface area contributed by atoms with E-state index in [4.69, 9.17) is 9.47 Å².